The Labute approximate surface area is 198 Å². The van der Waals surface area contributed by atoms with Gasteiger partial charge >= 0.3 is 0 Å². The van der Waals surface area contributed by atoms with Crippen molar-refractivity contribution in [3.05, 3.63) is 16.0 Å². The van der Waals surface area contributed by atoms with Crippen LogP contribution in [0.3, 0.4) is 0 Å². The van der Waals surface area contributed by atoms with E-state index >= 15 is 0 Å². The van der Waals surface area contributed by atoms with E-state index in [1.807, 2.05) is 20.0 Å². The zero-order valence-electron chi connectivity index (χ0n) is 19.2. The lowest BCUT2D eigenvalue weighted by molar-refractivity contribution is -0.161. The predicted octanol–water partition coefficient (Wildman–Crippen LogP) is 5.53. The first-order valence-corrected chi connectivity index (χ1v) is 14.8. The number of hydrogen-bond acceptors (Lipinski definition) is 6. The minimum atomic E-state index is -1.87. The second-order valence-electron chi connectivity index (χ2n) is 10.7. The van der Waals surface area contributed by atoms with E-state index in [4.69, 9.17) is 31.2 Å². The summed E-state index contributed by atoms with van der Waals surface area (Å²) in [4.78, 5) is 8.59. The Morgan fingerprint density at radius 3 is 2.58 bits per heavy atom. The van der Waals surface area contributed by atoms with E-state index in [9.17, 15) is 0 Å². The average molecular weight is 532 g/mol. The summed E-state index contributed by atoms with van der Waals surface area (Å²) >= 11 is 9.75. The van der Waals surface area contributed by atoms with Gasteiger partial charge in [0, 0.05) is 23.2 Å². The third-order valence-corrected chi connectivity index (χ3v) is 12.3. The van der Waals surface area contributed by atoms with Crippen LogP contribution in [-0.2, 0) is 13.9 Å². The van der Waals surface area contributed by atoms with E-state index < -0.39 is 14.1 Å². The molecule has 10 heteroatoms. The van der Waals surface area contributed by atoms with Gasteiger partial charge in [-0.15, -0.1) is 0 Å². The lowest BCUT2D eigenvalue weighted by atomic mass is 10.1. The fourth-order valence-electron chi connectivity index (χ4n) is 4.38. The molecule has 0 bridgehead atoms. The van der Waals surface area contributed by atoms with Crippen LogP contribution < -0.4 is 5.73 Å². The van der Waals surface area contributed by atoms with Crippen LogP contribution >= 0.6 is 27.5 Å². The van der Waals surface area contributed by atoms with E-state index in [0.717, 1.165) is 16.3 Å². The standard InChI is InChI=1S/C21H32BrClN4O3Si/c1-20(2,3)31(6,7)28-10-11-8-13(16-15(11)29-21(4,5)30-16)27-9-12(22)14-17(24)25-19(23)26-18(14)27/h9,11,13,15-16H,8,10H2,1-7H3,(H2,24,25,26)/t11-,13-,15-,16+/m1/s1. The molecule has 1 aliphatic carbocycles. The molecular formula is C21H32BrClN4O3Si. The molecule has 1 aliphatic heterocycles. The SMILES string of the molecule is CC1(C)O[C@@H]2[C@@H](CO[Si](C)(C)C(C)(C)C)C[C@@H](n3cc(Br)c4c(N)nc(Cl)nc43)[C@@H]2O1. The van der Waals surface area contributed by atoms with Crippen molar-refractivity contribution >= 4 is 52.7 Å². The first-order valence-electron chi connectivity index (χ1n) is 10.7. The van der Waals surface area contributed by atoms with Crippen molar-refractivity contribution in [3.63, 3.8) is 0 Å². The molecular weight excluding hydrogens is 500 g/mol. The van der Waals surface area contributed by atoms with Gasteiger partial charge in [0.05, 0.1) is 17.5 Å². The highest BCUT2D eigenvalue weighted by Crippen LogP contribution is 2.49. The molecule has 2 aromatic heterocycles. The van der Waals surface area contributed by atoms with Crippen molar-refractivity contribution in [2.45, 2.75) is 83.2 Å². The summed E-state index contributed by atoms with van der Waals surface area (Å²) in [7, 11) is -1.87. The summed E-state index contributed by atoms with van der Waals surface area (Å²) in [6.07, 6.45) is 2.70. The van der Waals surface area contributed by atoms with E-state index in [1.54, 1.807) is 0 Å². The summed E-state index contributed by atoms with van der Waals surface area (Å²) < 4.78 is 22.3. The second kappa shape index (κ2) is 7.67. The Balaban J connectivity index is 1.68. The Hall–Kier alpha value is -0.713. The molecule has 1 saturated heterocycles. The van der Waals surface area contributed by atoms with Gasteiger partial charge in [0.2, 0.25) is 5.28 Å². The van der Waals surface area contributed by atoms with Gasteiger partial charge in [0.15, 0.2) is 14.1 Å². The monoisotopic (exact) mass is 530 g/mol. The molecule has 4 rings (SSSR count). The Morgan fingerprint density at radius 2 is 1.94 bits per heavy atom. The van der Waals surface area contributed by atoms with E-state index in [2.05, 4.69) is 64.3 Å². The van der Waals surface area contributed by atoms with Crippen LogP contribution in [0, 0.1) is 5.92 Å². The summed E-state index contributed by atoms with van der Waals surface area (Å²) in [6.45, 7) is 15.9. The number of anilines is 1. The molecule has 0 spiro atoms. The Morgan fingerprint density at radius 1 is 1.29 bits per heavy atom. The zero-order chi connectivity index (χ0) is 22.9. The van der Waals surface area contributed by atoms with Crippen LogP contribution in [0.25, 0.3) is 11.0 Å². The Kier molecular flexibility index (Phi) is 5.80. The number of nitrogens with two attached hydrogens (primary N) is 1. The molecule has 3 heterocycles. The van der Waals surface area contributed by atoms with Crippen LogP contribution in [0.4, 0.5) is 5.82 Å². The van der Waals surface area contributed by atoms with Gasteiger partial charge in [-0.1, -0.05) is 20.8 Å². The first-order chi connectivity index (χ1) is 14.2. The van der Waals surface area contributed by atoms with E-state index in [0.29, 0.717) is 18.1 Å². The fourth-order valence-corrected chi connectivity index (χ4v) is 6.21. The summed E-state index contributed by atoms with van der Waals surface area (Å²) in [5, 5.41) is 1.05. The highest BCUT2D eigenvalue weighted by Gasteiger charge is 2.55. The number of nitrogen functional groups attached to an aromatic ring is 1. The molecule has 2 N–H and O–H groups in total. The average Bonchev–Trinajstić information content (AvgIpc) is 3.20. The zero-order valence-corrected chi connectivity index (χ0v) is 22.5. The third kappa shape index (κ3) is 4.17. The summed E-state index contributed by atoms with van der Waals surface area (Å²) in [5.41, 5.74) is 6.83. The maximum absolute atomic E-state index is 6.59. The highest BCUT2D eigenvalue weighted by molar-refractivity contribution is 9.10. The van der Waals surface area contributed by atoms with Crippen molar-refractivity contribution in [3.8, 4) is 0 Å². The maximum Gasteiger partial charge on any atom is 0.226 e. The quantitative estimate of drug-likeness (QED) is 0.412. The number of rotatable bonds is 4. The third-order valence-electron chi connectivity index (χ3n) is 7.00. The molecule has 7 nitrogen and oxygen atoms in total. The van der Waals surface area contributed by atoms with Crippen molar-refractivity contribution in [1.82, 2.24) is 14.5 Å². The molecule has 4 atom stereocenters. The number of hydrogen-bond donors (Lipinski definition) is 1. The van der Waals surface area contributed by atoms with Crippen LogP contribution in [0.15, 0.2) is 10.7 Å². The molecule has 2 aromatic rings. The van der Waals surface area contributed by atoms with Crippen molar-refractivity contribution in [1.29, 1.82) is 0 Å². The topological polar surface area (TPSA) is 84.4 Å². The molecule has 0 unspecified atom stereocenters. The number of ether oxygens (including phenoxy) is 2. The van der Waals surface area contributed by atoms with Gasteiger partial charge in [-0.05, 0) is 65.9 Å². The molecule has 2 aliphatic rings. The van der Waals surface area contributed by atoms with E-state index in [-0.39, 0.29) is 34.5 Å². The van der Waals surface area contributed by atoms with Gasteiger partial charge in [0.25, 0.3) is 0 Å². The Bertz CT molecular complexity index is 1010. The molecule has 172 valence electrons. The van der Waals surface area contributed by atoms with Crippen LogP contribution in [0.5, 0.6) is 0 Å². The molecule has 0 radical (unpaired) electrons. The normalized spacial score (nSPS) is 28.4. The summed E-state index contributed by atoms with van der Waals surface area (Å²) in [5.74, 6) is -0.0663. The predicted molar refractivity (Wildman–Crippen MR) is 129 cm³/mol. The lowest BCUT2D eigenvalue weighted by Gasteiger charge is -2.37. The lowest BCUT2D eigenvalue weighted by Crippen LogP contribution is -2.43. The number of fused-ring (bicyclic) bond motifs is 2. The van der Waals surface area contributed by atoms with Gasteiger partial charge in [-0.25, -0.2) is 4.98 Å². The van der Waals surface area contributed by atoms with Gasteiger partial charge in [-0.3, -0.25) is 0 Å². The molecule has 0 aromatic carbocycles. The number of halogens is 2. The maximum atomic E-state index is 6.59. The van der Waals surface area contributed by atoms with Crippen molar-refractivity contribution < 1.29 is 13.9 Å². The fraction of sp³-hybridized carbons (Fsp3) is 0.714. The van der Waals surface area contributed by atoms with Gasteiger partial charge < -0.3 is 24.2 Å². The van der Waals surface area contributed by atoms with Crippen molar-refractivity contribution in [2.75, 3.05) is 12.3 Å². The molecule has 0 amide bonds. The molecule has 1 saturated carbocycles. The summed E-state index contributed by atoms with van der Waals surface area (Å²) in [6, 6.07) is 0.0268. The molecule has 2 fully saturated rings. The van der Waals surface area contributed by atoms with Gasteiger partial charge in [0.1, 0.15) is 17.6 Å². The first kappa shape index (κ1) is 23.4. The smallest absolute Gasteiger partial charge is 0.226 e. The molecule has 31 heavy (non-hydrogen) atoms. The van der Waals surface area contributed by atoms with Gasteiger partial charge in [-0.2, -0.15) is 4.98 Å². The number of aromatic nitrogens is 3. The van der Waals surface area contributed by atoms with E-state index in [1.165, 1.54) is 0 Å². The largest absolute Gasteiger partial charge is 0.416 e. The second-order valence-corrected chi connectivity index (χ2v) is 16.7. The highest BCUT2D eigenvalue weighted by atomic mass is 79.9. The van der Waals surface area contributed by atoms with Crippen LogP contribution in [0.2, 0.25) is 23.4 Å². The minimum absolute atomic E-state index is 0.0268. The number of nitrogens with zero attached hydrogens (tertiary/aromatic N) is 3. The van der Waals surface area contributed by atoms with Crippen LogP contribution in [0.1, 0.15) is 47.1 Å². The van der Waals surface area contributed by atoms with Crippen molar-refractivity contribution in [2.24, 2.45) is 5.92 Å². The minimum Gasteiger partial charge on any atom is -0.416 e. The van der Waals surface area contributed by atoms with Crippen LogP contribution in [-0.4, -0.2) is 47.5 Å².